The molecule has 0 N–H and O–H groups in total. The number of carbonyl (C=O) groups is 1. The first-order valence-corrected chi connectivity index (χ1v) is 8.82. The average molecular weight is 332 g/mol. The number of fused-ring (bicyclic) bond motifs is 1. The molecule has 3 rings (SSSR count). The van der Waals surface area contributed by atoms with Crippen molar-refractivity contribution in [2.75, 3.05) is 19.3 Å². The molecule has 2 heterocycles. The van der Waals surface area contributed by atoms with Crippen molar-refractivity contribution < 1.29 is 4.79 Å². The fourth-order valence-electron chi connectivity index (χ4n) is 2.01. The van der Waals surface area contributed by atoms with Gasteiger partial charge < -0.3 is 4.90 Å². The number of nitrogens with zero attached hydrogens (tertiary/aromatic N) is 4. The fraction of sp³-hybridized carbons (Fsp3) is 0.267. The maximum Gasteiger partial charge on any atom is 0.232 e. The Labute approximate surface area is 137 Å². The van der Waals surface area contributed by atoms with Gasteiger partial charge in [0.1, 0.15) is 0 Å². The van der Waals surface area contributed by atoms with Crippen LogP contribution in [0.5, 0.6) is 0 Å². The molecule has 2 aromatic heterocycles. The monoisotopic (exact) mass is 332 g/mol. The molecule has 0 unspecified atom stereocenters. The lowest BCUT2D eigenvalue weighted by atomic mass is 10.2. The van der Waals surface area contributed by atoms with Crippen LogP contribution in [0.25, 0.3) is 16.2 Å². The molecule has 114 valence electrons. The predicted octanol–water partition coefficient (Wildman–Crippen LogP) is 3.03. The van der Waals surface area contributed by atoms with Gasteiger partial charge in [-0.15, -0.1) is 21.5 Å². The number of benzene rings is 1. The van der Waals surface area contributed by atoms with E-state index in [0.29, 0.717) is 12.3 Å². The Morgan fingerprint density at radius 3 is 2.82 bits per heavy atom. The summed E-state index contributed by atoms with van der Waals surface area (Å²) in [6, 6.07) is 10.1. The average Bonchev–Trinajstić information content (AvgIpc) is 3.14. The highest BCUT2D eigenvalue weighted by atomic mass is 32.2. The third kappa shape index (κ3) is 2.86. The van der Waals surface area contributed by atoms with E-state index in [2.05, 4.69) is 27.7 Å². The SMILES string of the molecule is CCN(C)C(=O)CSc1nnc2scc(-c3ccccc3)n12. The maximum atomic E-state index is 11.9. The molecule has 5 nitrogen and oxygen atoms in total. The molecule has 7 heteroatoms. The Morgan fingerprint density at radius 2 is 2.09 bits per heavy atom. The third-order valence-electron chi connectivity index (χ3n) is 3.41. The minimum Gasteiger partial charge on any atom is -0.345 e. The number of rotatable bonds is 5. The summed E-state index contributed by atoms with van der Waals surface area (Å²) in [6.45, 7) is 2.67. The Balaban J connectivity index is 1.88. The van der Waals surface area contributed by atoms with Crippen molar-refractivity contribution in [1.82, 2.24) is 19.5 Å². The van der Waals surface area contributed by atoms with Crippen molar-refractivity contribution in [2.45, 2.75) is 12.1 Å². The molecule has 0 spiro atoms. The van der Waals surface area contributed by atoms with Gasteiger partial charge in [0.15, 0.2) is 5.16 Å². The van der Waals surface area contributed by atoms with E-state index in [4.69, 9.17) is 0 Å². The van der Waals surface area contributed by atoms with E-state index in [1.807, 2.05) is 36.6 Å². The molecule has 1 aromatic carbocycles. The summed E-state index contributed by atoms with van der Waals surface area (Å²) < 4.78 is 2.02. The second-order valence-corrected chi connectivity index (χ2v) is 6.56. The van der Waals surface area contributed by atoms with Crippen LogP contribution in [0.3, 0.4) is 0 Å². The van der Waals surface area contributed by atoms with Gasteiger partial charge in [0, 0.05) is 19.0 Å². The number of carbonyl (C=O) groups excluding carboxylic acids is 1. The second kappa shape index (κ2) is 6.50. The summed E-state index contributed by atoms with van der Waals surface area (Å²) in [5, 5.41) is 11.2. The Hall–Kier alpha value is -1.86. The lowest BCUT2D eigenvalue weighted by Crippen LogP contribution is -2.27. The van der Waals surface area contributed by atoms with E-state index in [0.717, 1.165) is 21.4 Å². The lowest BCUT2D eigenvalue weighted by Gasteiger charge is -2.13. The smallest absolute Gasteiger partial charge is 0.232 e. The van der Waals surface area contributed by atoms with Crippen LogP contribution in [-0.4, -0.2) is 44.8 Å². The van der Waals surface area contributed by atoms with Gasteiger partial charge in [-0.05, 0) is 12.5 Å². The van der Waals surface area contributed by atoms with E-state index < -0.39 is 0 Å². The third-order valence-corrected chi connectivity index (χ3v) is 5.14. The molecule has 0 bridgehead atoms. The van der Waals surface area contributed by atoms with Gasteiger partial charge in [0.2, 0.25) is 10.9 Å². The molecule has 0 saturated carbocycles. The van der Waals surface area contributed by atoms with Crippen molar-refractivity contribution in [3.05, 3.63) is 35.7 Å². The second-order valence-electron chi connectivity index (χ2n) is 4.78. The Kier molecular flexibility index (Phi) is 4.44. The van der Waals surface area contributed by atoms with Crippen LogP contribution >= 0.6 is 23.1 Å². The van der Waals surface area contributed by atoms with Crippen LogP contribution in [0.4, 0.5) is 0 Å². The van der Waals surface area contributed by atoms with Crippen LogP contribution in [0, 0.1) is 0 Å². The van der Waals surface area contributed by atoms with Crippen molar-refractivity contribution in [2.24, 2.45) is 0 Å². The summed E-state index contributed by atoms with van der Waals surface area (Å²) in [7, 11) is 1.81. The number of amides is 1. The van der Waals surface area contributed by atoms with Crippen LogP contribution in [0.2, 0.25) is 0 Å². The highest BCUT2D eigenvalue weighted by Gasteiger charge is 2.15. The molecule has 1 amide bonds. The number of thiazole rings is 1. The van der Waals surface area contributed by atoms with Gasteiger partial charge in [-0.2, -0.15) is 0 Å². The zero-order chi connectivity index (χ0) is 15.5. The van der Waals surface area contributed by atoms with Crippen LogP contribution in [0.15, 0.2) is 40.9 Å². The van der Waals surface area contributed by atoms with Gasteiger partial charge >= 0.3 is 0 Å². The topological polar surface area (TPSA) is 50.5 Å². The summed E-state index contributed by atoms with van der Waals surface area (Å²) in [5.74, 6) is 0.468. The van der Waals surface area contributed by atoms with Gasteiger partial charge in [-0.3, -0.25) is 9.20 Å². The van der Waals surface area contributed by atoms with E-state index in [1.54, 1.807) is 16.2 Å². The molecule has 0 atom stereocenters. The van der Waals surface area contributed by atoms with Crippen molar-refractivity contribution in [1.29, 1.82) is 0 Å². The minimum atomic E-state index is 0.0979. The fourth-order valence-corrected chi connectivity index (χ4v) is 3.79. The number of aromatic nitrogens is 3. The standard InChI is InChI=1S/C15H16N4OS2/c1-3-18(2)13(20)10-22-15-17-16-14-19(15)12(9-21-14)11-7-5-4-6-8-11/h4-9H,3,10H2,1-2H3. The molecule has 0 saturated heterocycles. The largest absolute Gasteiger partial charge is 0.345 e. The van der Waals surface area contributed by atoms with E-state index in [-0.39, 0.29) is 5.91 Å². The van der Waals surface area contributed by atoms with Crippen LogP contribution in [0.1, 0.15) is 6.92 Å². The van der Waals surface area contributed by atoms with Crippen molar-refractivity contribution >= 4 is 34.0 Å². The summed E-state index contributed by atoms with van der Waals surface area (Å²) in [6.07, 6.45) is 0. The molecule has 0 aliphatic heterocycles. The number of hydrogen-bond acceptors (Lipinski definition) is 5. The highest BCUT2D eigenvalue weighted by Crippen LogP contribution is 2.29. The predicted molar refractivity (Wildman–Crippen MR) is 90.3 cm³/mol. The first-order chi connectivity index (χ1) is 10.7. The quantitative estimate of drug-likeness (QED) is 0.674. The maximum absolute atomic E-state index is 11.9. The van der Waals surface area contributed by atoms with Gasteiger partial charge in [-0.25, -0.2) is 0 Å². The van der Waals surface area contributed by atoms with Gasteiger partial charge in [-0.1, -0.05) is 42.1 Å². The molecular weight excluding hydrogens is 316 g/mol. The molecule has 3 aromatic rings. The Morgan fingerprint density at radius 1 is 1.32 bits per heavy atom. The molecule has 0 fully saturated rings. The van der Waals surface area contributed by atoms with Crippen molar-refractivity contribution in [3.8, 4) is 11.3 Å². The van der Waals surface area contributed by atoms with E-state index >= 15 is 0 Å². The van der Waals surface area contributed by atoms with Crippen molar-refractivity contribution in [3.63, 3.8) is 0 Å². The zero-order valence-electron chi connectivity index (χ0n) is 12.4. The van der Waals surface area contributed by atoms with E-state index in [9.17, 15) is 4.79 Å². The minimum absolute atomic E-state index is 0.0979. The molecule has 0 aliphatic carbocycles. The molecular formula is C15H16N4OS2. The summed E-state index contributed by atoms with van der Waals surface area (Å²) >= 11 is 2.98. The first kappa shape index (κ1) is 15.1. The van der Waals surface area contributed by atoms with Crippen LogP contribution < -0.4 is 0 Å². The van der Waals surface area contributed by atoms with Crippen LogP contribution in [-0.2, 0) is 4.79 Å². The lowest BCUT2D eigenvalue weighted by molar-refractivity contribution is -0.126. The Bertz CT molecular complexity index is 781. The number of hydrogen-bond donors (Lipinski definition) is 0. The normalized spacial score (nSPS) is 11.0. The molecule has 0 aliphatic rings. The zero-order valence-corrected chi connectivity index (χ0v) is 14.0. The summed E-state index contributed by atoms with van der Waals surface area (Å²) in [5.41, 5.74) is 2.18. The highest BCUT2D eigenvalue weighted by molar-refractivity contribution is 7.99. The summed E-state index contributed by atoms with van der Waals surface area (Å²) in [4.78, 5) is 14.5. The molecule has 22 heavy (non-hydrogen) atoms. The van der Waals surface area contributed by atoms with Gasteiger partial charge in [0.05, 0.1) is 11.4 Å². The van der Waals surface area contributed by atoms with Gasteiger partial charge in [0.25, 0.3) is 0 Å². The first-order valence-electron chi connectivity index (χ1n) is 6.95. The molecule has 0 radical (unpaired) electrons. The number of thioether (sulfide) groups is 1. The van der Waals surface area contributed by atoms with E-state index in [1.165, 1.54) is 11.8 Å².